The van der Waals surface area contributed by atoms with Gasteiger partial charge in [-0.1, -0.05) is 52.2 Å². The summed E-state index contributed by atoms with van der Waals surface area (Å²) in [4.78, 5) is 0. The smallest absolute Gasteiger partial charge is 0.162 e. The molecule has 4 heteroatoms. The number of ether oxygens (including phenoxy) is 1. The van der Waals surface area contributed by atoms with Crippen molar-refractivity contribution in [2.75, 3.05) is 6.61 Å². The van der Waals surface area contributed by atoms with Crippen LogP contribution in [0.5, 0.6) is 0 Å². The summed E-state index contributed by atoms with van der Waals surface area (Å²) in [5.41, 5.74) is 0.868. The monoisotopic (exact) mass is 398 g/mol. The lowest BCUT2D eigenvalue weighted by Crippen LogP contribution is -2.14. The molecule has 28 heavy (non-hydrogen) atoms. The molecule has 2 atom stereocenters. The van der Waals surface area contributed by atoms with Crippen LogP contribution in [0.25, 0.3) is 0 Å². The van der Waals surface area contributed by atoms with Crippen LogP contribution in [0.4, 0.5) is 8.78 Å². The number of aliphatic hydroxyl groups is 1. The second-order valence-electron chi connectivity index (χ2n) is 7.87. The number of aryl methyl sites for hydroxylation is 2. The van der Waals surface area contributed by atoms with Crippen molar-refractivity contribution in [2.24, 2.45) is 0 Å². The number of unbranched alkanes of at least 4 members (excludes halogenated alkanes) is 1. The van der Waals surface area contributed by atoms with E-state index in [0.29, 0.717) is 36.8 Å². The summed E-state index contributed by atoms with van der Waals surface area (Å²) in [6.45, 7) is 7.10. The quantitative estimate of drug-likeness (QED) is 0.312. The van der Waals surface area contributed by atoms with Crippen molar-refractivity contribution in [2.45, 2.75) is 110 Å². The van der Waals surface area contributed by atoms with E-state index >= 15 is 0 Å². The minimum absolute atomic E-state index is 0.221. The van der Waals surface area contributed by atoms with Gasteiger partial charge in [-0.25, -0.2) is 8.78 Å². The molecule has 0 aliphatic carbocycles. The van der Waals surface area contributed by atoms with Gasteiger partial charge in [-0.2, -0.15) is 0 Å². The highest BCUT2D eigenvalue weighted by molar-refractivity contribution is 5.26. The first kappa shape index (κ1) is 25.0. The molecule has 0 aliphatic rings. The van der Waals surface area contributed by atoms with Gasteiger partial charge >= 0.3 is 0 Å². The molecule has 0 amide bonds. The first-order valence-corrected chi connectivity index (χ1v) is 11.3. The average Bonchev–Trinajstić information content (AvgIpc) is 2.67. The number of aliphatic hydroxyl groups excluding tert-OH is 1. The predicted molar refractivity (Wildman–Crippen MR) is 113 cm³/mol. The van der Waals surface area contributed by atoms with Crippen LogP contribution in [0.15, 0.2) is 12.1 Å². The summed E-state index contributed by atoms with van der Waals surface area (Å²) >= 11 is 0. The molecule has 0 fully saturated rings. The van der Waals surface area contributed by atoms with Crippen LogP contribution in [0.1, 0.15) is 96.1 Å². The van der Waals surface area contributed by atoms with Crippen molar-refractivity contribution in [1.82, 2.24) is 0 Å². The predicted octanol–water partition coefficient (Wildman–Crippen LogP) is 6.76. The standard InChI is InChI=1S/C24H40F2O2/c1-4-7-18-28-22(11-6-3)15-9-13-20-17-16-19(23(25)24(20)26)12-8-14-21(27)10-5-2/h16-17,21-22,27H,4-15,18H2,1-3H3. The SMILES string of the molecule is CCCCOC(CCC)CCCc1ccc(CCCC(O)CCC)c(F)c1F. The highest BCUT2D eigenvalue weighted by Gasteiger charge is 2.15. The molecule has 0 aromatic heterocycles. The van der Waals surface area contributed by atoms with Crippen LogP contribution in [-0.2, 0) is 17.6 Å². The van der Waals surface area contributed by atoms with Gasteiger partial charge in [-0.15, -0.1) is 0 Å². The van der Waals surface area contributed by atoms with Crippen LogP contribution in [0.3, 0.4) is 0 Å². The van der Waals surface area contributed by atoms with Crippen molar-refractivity contribution >= 4 is 0 Å². The molecule has 1 aromatic rings. The molecule has 0 aliphatic heterocycles. The van der Waals surface area contributed by atoms with Gasteiger partial charge < -0.3 is 9.84 Å². The fourth-order valence-corrected chi connectivity index (χ4v) is 3.57. The number of benzene rings is 1. The van der Waals surface area contributed by atoms with Gasteiger partial charge in [0.15, 0.2) is 11.6 Å². The molecular weight excluding hydrogens is 358 g/mol. The third-order valence-corrected chi connectivity index (χ3v) is 5.28. The molecule has 0 saturated carbocycles. The Morgan fingerprint density at radius 3 is 1.89 bits per heavy atom. The maximum atomic E-state index is 14.4. The van der Waals surface area contributed by atoms with E-state index in [9.17, 15) is 13.9 Å². The fourth-order valence-electron chi connectivity index (χ4n) is 3.57. The number of halogens is 2. The van der Waals surface area contributed by atoms with E-state index in [1.54, 1.807) is 12.1 Å². The average molecular weight is 399 g/mol. The van der Waals surface area contributed by atoms with E-state index in [0.717, 1.165) is 58.0 Å². The zero-order valence-electron chi connectivity index (χ0n) is 18.1. The molecule has 0 spiro atoms. The molecule has 1 rings (SSSR count). The van der Waals surface area contributed by atoms with Crippen molar-refractivity contribution in [3.8, 4) is 0 Å². The van der Waals surface area contributed by atoms with E-state index in [4.69, 9.17) is 4.74 Å². The minimum Gasteiger partial charge on any atom is -0.393 e. The number of hydrogen-bond acceptors (Lipinski definition) is 2. The van der Waals surface area contributed by atoms with Gasteiger partial charge in [0, 0.05) is 6.61 Å². The van der Waals surface area contributed by atoms with Gasteiger partial charge in [0.1, 0.15) is 0 Å². The third-order valence-electron chi connectivity index (χ3n) is 5.28. The lowest BCUT2D eigenvalue weighted by molar-refractivity contribution is 0.0382. The lowest BCUT2D eigenvalue weighted by atomic mass is 9.99. The Morgan fingerprint density at radius 2 is 1.36 bits per heavy atom. The topological polar surface area (TPSA) is 29.5 Å². The Kier molecular flexibility index (Phi) is 13.3. The third kappa shape index (κ3) is 9.47. The Morgan fingerprint density at radius 1 is 0.786 bits per heavy atom. The summed E-state index contributed by atoms with van der Waals surface area (Å²) in [7, 11) is 0. The zero-order valence-corrected chi connectivity index (χ0v) is 18.1. The lowest BCUT2D eigenvalue weighted by Gasteiger charge is -2.17. The summed E-state index contributed by atoms with van der Waals surface area (Å²) < 4.78 is 34.7. The molecule has 1 aromatic carbocycles. The molecule has 2 nitrogen and oxygen atoms in total. The maximum Gasteiger partial charge on any atom is 0.162 e. The molecule has 0 radical (unpaired) electrons. The Hall–Kier alpha value is -1.00. The van der Waals surface area contributed by atoms with Crippen molar-refractivity contribution in [3.63, 3.8) is 0 Å². The highest BCUT2D eigenvalue weighted by atomic mass is 19.2. The van der Waals surface area contributed by atoms with E-state index in [1.807, 2.05) is 6.92 Å². The highest BCUT2D eigenvalue weighted by Crippen LogP contribution is 2.21. The Bertz CT molecular complexity index is 534. The molecule has 0 saturated heterocycles. The molecule has 162 valence electrons. The Balaban J connectivity index is 2.50. The molecule has 1 N–H and O–H groups in total. The van der Waals surface area contributed by atoms with E-state index < -0.39 is 11.6 Å². The molecule has 0 bridgehead atoms. The van der Waals surface area contributed by atoms with Gasteiger partial charge in [0.05, 0.1) is 12.2 Å². The largest absolute Gasteiger partial charge is 0.393 e. The fraction of sp³-hybridized carbons (Fsp3) is 0.750. The molecular formula is C24H40F2O2. The summed E-state index contributed by atoms with van der Waals surface area (Å²) in [5, 5.41) is 9.77. The zero-order chi connectivity index (χ0) is 20.8. The van der Waals surface area contributed by atoms with Gasteiger partial charge in [-0.05, 0) is 68.9 Å². The van der Waals surface area contributed by atoms with Gasteiger partial charge in [0.2, 0.25) is 0 Å². The first-order chi connectivity index (χ1) is 13.5. The summed E-state index contributed by atoms with van der Waals surface area (Å²) in [6, 6.07) is 3.43. The van der Waals surface area contributed by atoms with Crippen LogP contribution in [0, 0.1) is 11.6 Å². The van der Waals surface area contributed by atoms with E-state index in [1.165, 1.54) is 0 Å². The number of hydrogen-bond donors (Lipinski definition) is 1. The van der Waals surface area contributed by atoms with Crippen molar-refractivity contribution in [3.05, 3.63) is 34.9 Å². The van der Waals surface area contributed by atoms with Crippen molar-refractivity contribution in [1.29, 1.82) is 0 Å². The second kappa shape index (κ2) is 14.9. The van der Waals surface area contributed by atoms with Crippen molar-refractivity contribution < 1.29 is 18.6 Å². The van der Waals surface area contributed by atoms with Crippen LogP contribution in [-0.4, -0.2) is 23.9 Å². The number of rotatable bonds is 16. The molecule has 2 unspecified atom stereocenters. The first-order valence-electron chi connectivity index (χ1n) is 11.3. The summed E-state index contributed by atoms with van der Waals surface area (Å²) in [6.07, 6.45) is 9.84. The molecule has 0 heterocycles. The van der Waals surface area contributed by atoms with Crippen LogP contribution >= 0.6 is 0 Å². The Labute approximate surface area is 170 Å². The normalized spacial score (nSPS) is 13.6. The van der Waals surface area contributed by atoms with Gasteiger partial charge in [-0.3, -0.25) is 0 Å². The van der Waals surface area contributed by atoms with E-state index in [2.05, 4.69) is 13.8 Å². The van der Waals surface area contributed by atoms with Crippen LogP contribution in [0.2, 0.25) is 0 Å². The second-order valence-corrected chi connectivity index (χ2v) is 7.87. The van der Waals surface area contributed by atoms with E-state index in [-0.39, 0.29) is 12.2 Å². The summed E-state index contributed by atoms with van der Waals surface area (Å²) in [5.74, 6) is -1.42. The van der Waals surface area contributed by atoms with Gasteiger partial charge in [0.25, 0.3) is 0 Å². The maximum absolute atomic E-state index is 14.4. The van der Waals surface area contributed by atoms with Crippen LogP contribution < -0.4 is 0 Å². The minimum atomic E-state index is -0.716.